The van der Waals surface area contributed by atoms with Crippen LogP contribution in [-0.2, 0) is 6.54 Å². The van der Waals surface area contributed by atoms with Crippen molar-refractivity contribution in [3.63, 3.8) is 0 Å². The van der Waals surface area contributed by atoms with Gasteiger partial charge in [0.15, 0.2) is 0 Å². The molecule has 0 spiro atoms. The van der Waals surface area contributed by atoms with Crippen molar-refractivity contribution in [1.29, 1.82) is 5.41 Å². The minimum atomic E-state index is 0.666. The van der Waals surface area contributed by atoms with Gasteiger partial charge in [-0.2, -0.15) is 0 Å². The van der Waals surface area contributed by atoms with E-state index in [1.165, 1.54) is 28.0 Å². The number of nitrogens with one attached hydrogen (secondary N) is 1. The molecule has 1 aromatic carbocycles. The zero-order valence-electron chi connectivity index (χ0n) is 20.3. The van der Waals surface area contributed by atoms with Gasteiger partial charge in [0.2, 0.25) is 0 Å². The van der Waals surface area contributed by atoms with Gasteiger partial charge in [-0.3, -0.25) is 10.3 Å². The van der Waals surface area contributed by atoms with Crippen LogP contribution in [0.2, 0.25) is 0 Å². The van der Waals surface area contributed by atoms with Crippen LogP contribution < -0.4 is 0 Å². The molecule has 2 aliphatic rings. The van der Waals surface area contributed by atoms with Crippen LogP contribution in [-0.4, -0.2) is 77.8 Å². The summed E-state index contributed by atoms with van der Waals surface area (Å²) in [6, 6.07) is 4.72. The van der Waals surface area contributed by atoms with Crippen LogP contribution in [0.4, 0.5) is 0 Å². The highest BCUT2D eigenvalue weighted by Crippen LogP contribution is 2.27. The lowest BCUT2D eigenvalue weighted by atomic mass is 9.97. The monoisotopic (exact) mass is 423 g/mol. The first kappa shape index (κ1) is 23.4. The van der Waals surface area contributed by atoms with Crippen molar-refractivity contribution in [3.05, 3.63) is 52.7 Å². The second-order valence-electron chi connectivity index (χ2n) is 9.12. The Morgan fingerprint density at radius 1 is 0.903 bits per heavy atom. The lowest BCUT2D eigenvalue weighted by Crippen LogP contribution is -2.46. The molecule has 2 aliphatic heterocycles. The summed E-state index contributed by atoms with van der Waals surface area (Å²) in [6.45, 7) is 24.4. The maximum Gasteiger partial charge on any atom is 0.0927 e. The minimum Gasteiger partial charge on any atom is -0.373 e. The Kier molecular flexibility index (Phi) is 7.82. The normalized spacial score (nSPS) is 18.5. The van der Waals surface area contributed by atoms with Crippen molar-refractivity contribution in [2.75, 3.05) is 52.4 Å². The van der Waals surface area contributed by atoms with E-state index in [0.29, 0.717) is 5.84 Å². The Labute approximate surface area is 189 Å². The lowest BCUT2D eigenvalue weighted by Gasteiger charge is -2.38. The summed E-state index contributed by atoms with van der Waals surface area (Å²) >= 11 is 0. The summed E-state index contributed by atoms with van der Waals surface area (Å²) in [7, 11) is 0. The zero-order chi connectivity index (χ0) is 22.5. The molecular weight excluding hydrogens is 382 g/mol. The second-order valence-corrected chi connectivity index (χ2v) is 9.12. The van der Waals surface area contributed by atoms with Crippen LogP contribution in [0.1, 0.15) is 49.4 Å². The number of hydrogen-bond acceptors (Lipinski definition) is 4. The smallest absolute Gasteiger partial charge is 0.0927 e. The Morgan fingerprint density at radius 2 is 1.48 bits per heavy atom. The van der Waals surface area contributed by atoms with Crippen molar-refractivity contribution >= 4 is 11.5 Å². The van der Waals surface area contributed by atoms with Gasteiger partial charge in [0.25, 0.3) is 0 Å². The highest BCUT2D eigenvalue weighted by atomic mass is 15.3. The Bertz CT molecular complexity index is 824. The summed E-state index contributed by atoms with van der Waals surface area (Å²) in [5.41, 5.74) is 7.94. The van der Waals surface area contributed by atoms with Gasteiger partial charge in [-0.05, 0) is 56.9 Å². The average Bonchev–Trinajstić information content (AvgIpc) is 2.76. The summed E-state index contributed by atoms with van der Waals surface area (Å²) in [6.07, 6.45) is 3.44. The van der Waals surface area contributed by atoms with Crippen LogP contribution in [0.25, 0.3) is 5.70 Å². The first-order valence-corrected chi connectivity index (χ1v) is 11.8. The van der Waals surface area contributed by atoms with E-state index in [0.717, 1.165) is 71.0 Å². The van der Waals surface area contributed by atoms with E-state index in [-0.39, 0.29) is 0 Å². The maximum atomic E-state index is 7.87. The van der Waals surface area contributed by atoms with E-state index in [4.69, 9.17) is 5.41 Å². The predicted octanol–water partition coefficient (Wildman–Crippen LogP) is 4.32. The highest BCUT2D eigenvalue weighted by molar-refractivity contribution is 5.76. The first-order chi connectivity index (χ1) is 14.8. The highest BCUT2D eigenvalue weighted by Gasteiger charge is 2.22. The molecule has 2 saturated heterocycles. The summed E-state index contributed by atoms with van der Waals surface area (Å²) < 4.78 is 0. The molecule has 0 amide bonds. The fraction of sp³-hybridized carbons (Fsp3) is 0.577. The van der Waals surface area contributed by atoms with Gasteiger partial charge in [-0.15, -0.1) is 0 Å². The van der Waals surface area contributed by atoms with Crippen molar-refractivity contribution in [3.8, 4) is 0 Å². The molecule has 1 aromatic rings. The topological polar surface area (TPSA) is 36.8 Å². The number of aryl methyl sites for hydroxylation is 2. The molecule has 31 heavy (non-hydrogen) atoms. The van der Waals surface area contributed by atoms with E-state index in [1.54, 1.807) is 0 Å². The van der Waals surface area contributed by atoms with E-state index in [9.17, 15) is 0 Å². The Balaban J connectivity index is 1.66. The number of amidine groups is 1. The van der Waals surface area contributed by atoms with Gasteiger partial charge in [-0.25, -0.2) is 0 Å². The van der Waals surface area contributed by atoms with Crippen LogP contribution in [0.5, 0.6) is 0 Å². The third-order valence-corrected chi connectivity index (χ3v) is 6.89. The Morgan fingerprint density at radius 3 is 2.06 bits per heavy atom. The molecule has 170 valence electrons. The van der Waals surface area contributed by atoms with Crippen molar-refractivity contribution in [1.82, 2.24) is 19.6 Å². The number of allylic oxidation sites excluding steroid dienone is 2. The first-order valence-electron chi connectivity index (χ1n) is 11.8. The van der Waals surface area contributed by atoms with E-state index < -0.39 is 0 Å². The molecule has 0 aromatic heterocycles. The van der Waals surface area contributed by atoms with Gasteiger partial charge in [-0.1, -0.05) is 25.6 Å². The molecule has 0 aliphatic carbocycles. The number of nitrogens with zero attached hydrogens (tertiary/aromatic N) is 4. The van der Waals surface area contributed by atoms with Gasteiger partial charge in [0.1, 0.15) is 0 Å². The quantitative estimate of drug-likeness (QED) is 0.546. The predicted molar refractivity (Wildman–Crippen MR) is 132 cm³/mol. The summed E-state index contributed by atoms with van der Waals surface area (Å²) in [5.74, 6) is 0.666. The molecule has 0 bridgehead atoms. The fourth-order valence-electron chi connectivity index (χ4n) is 4.78. The average molecular weight is 424 g/mol. The van der Waals surface area contributed by atoms with Crippen molar-refractivity contribution in [2.24, 2.45) is 0 Å². The molecule has 5 heteroatoms. The molecule has 0 atom stereocenters. The van der Waals surface area contributed by atoms with Gasteiger partial charge in [0, 0.05) is 75.9 Å². The summed E-state index contributed by atoms with van der Waals surface area (Å²) in [5, 5.41) is 7.87. The molecule has 2 heterocycles. The lowest BCUT2D eigenvalue weighted by molar-refractivity contribution is 0.152. The third-order valence-electron chi connectivity index (χ3n) is 6.89. The number of benzene rings is 1. The van der Waals surface area contributed by atoms with Crippen LogP contribution >= 0.6 is 0 Å². The van der Waals surface area contributed by atoms with E-state index >= 15 is 0 Å². The molecule has 0 saturated carbocycles. The third kappa shape index (κ3) is 5.70. The molecule has 0 radical (unpaired) electrons. The Hall–Kier alpha value is -2.27. The number of hydrogen-bond donors (Lipinski definition) is 1. The largest absolute Gasteiger partial charge is 0.373 e. The number of piperazine rings is 2. The van der Waals surface area contributed by atoms with Crippen LogP contribution in [0.15, 0.2) is 30.5 Å². The fourth-order valence-corrected chi connectivity index (χ4v) is 4.78. The van der Waals surface area contributed by atoms with E-state index in [2.05, 4.69) is 72.1 Å². The molecular formula is C26H41N5. The molecule has 2 fully saturated rings. The zero-order valence-corrected chi connectivity index (χ0v) is 20.3. The van der Waals surface area contributed by atoms with Crippen LogP contribution in [0.3, 0.4) is 0 Å². The van der Waals surface area contributed by atoms with Crippen molar-refractivity contribution < 1.29 is 0 Å². The molecule has 3 rings (SSSR count). The molecule has 0 unspecified atom stereocenters. The van der Waals surface area contributed by atoms with Crippen LogP contribution in [0, 0.1) is 19.3 Å². The maximum absolute atomic E-state index is 7.87. The van der Waals surface area contributed by atoms with Crippen molar-refractivity contribution in [2.45, 2.75) is 47.6 Å². The van der Waals surface area contributed by atoms with Gasteiger partial charge >= 0.3 is 0 Å². The second kappa shape index (κ2) is 10.4. The SMILES string of the molecule is C=C(c1cc(CN2CCN(/C(C)=C/CC)CC2)c(C)cc1C)N1CCN(C(C)=N)CC1. The molecule has 5 nitrogen and oxygen atoms in total. The standard InChI is InChI=1S/C26H41N5/c1-7-8-22(4)29-11-9-28(10-12-29)19-25-18-26(21(3)17-20(25)2)23(5)30-13-15-31(16-14-30)24(6)27/h8,17-18,27H,5,7,9-16,19H2,1-4,6H3/b22-8+,27-24?. The van der Waals surface area contributed by atoms with Gasteiger partial charge < -0.3 is 14.7 Å². The van der Waals surface area contributed by atoms with Gasteiger partial charge in [0.05, 0.1) is 5.84 Å². The number of rotatable bonds is 6. The summed E-state index contributed by atoms with van der Waals surface area (Å²) in [4.78, 5) is 9.65. The minimum absolute atomic E-state index is 0.666. The van der Waals surface area contributed by atoms with E-state index in [1.807, 2.05) is 6.92 Å². The molecule has 1 N–H and O–H groups in total.